The number of carboxylic acid groups (broad SMARTS) is 1. The van der Waals surface area contributed by atoms with E-state index in [2.05, 4.69) is 13.8 Å². The number of hydrogen-bond donors (Lipinski definition) is 1. The predicted octanol–water partition coefficient (Wildman–Crippen LogP) is 2.38. The Morgan fingerprint density at radius 3 is 1.88 bits per heavy atom. The monoisotopic (exact) mass is 243 g/mol. The van der Waals surface area contributed by atoms with Crippen molar-refractivity contribution in [2.24, 2.45) is 11.8 Å². The Kier molecular flexibility index (Phi) is 6.85. The minimum absolute atomic E-state index is 0.0453. The first kappa shape index (κ1) is 15.9. The van der Waals surface area contributed by atoms with Gasteiger partial charge in [-0.3, -0.25) is 9.59 Å². The van der Waals surface area contributed by atoms with Crippen molar-refractivity contribution in [2.75, 3.05) is 6.54 Å². The largest absolute Gasteiger partial charge is 0.480 e. The first-order valence-electron chi connectivity index (χ1n) is 6.37. The molecule has 0 aromatic carbocycles. The molecule has 1 atom stereocenters. The summed E-state index contributed by atoms with van der Waals surface area (Å²) in [6.45, 7) is 9.52. The number of amides is 1. The van der Waals surface area contributed by atoms with Gasteiger partial charge < -0.3 is 10.0 Å². The third-order valence-corrected chi connectivity index (χ3v) is 3.36. The van der Waals surface area contributed by atoms with E-state index in [-0.39, 0.29) is 24.4 Å². The van der Waals surface area contributed by atoms with Gasteiger partial charge in [-0.1, -0.05) is 33.6 Å². The van der Waals surface area contributed by atoms with Gasteiger partial charge in [0.1, 0.15) is 6.54 Å². The number of rotatable bonds is 7. The Morgan fingerprint density at radius 2 is 1.59 bits per heavy atom. The van der Waals surface area contributed by atoms with Crippen LogP contribution in [0.3, 0.4) is 0 Å². The van der Waals surface area contributed by atoms with Crippen molar-refractivity contribution < 1.29 is 14.7 Å². The lowest BCUT2D eigenvalue weighted by molar-refractivity contribution is -0.148. The molecular formula is C13H25NO3. The van der Waals surface area contributed by atoms with Crippen molar-refractivity contribution in [1.29, 1.82) is 0 Å². The highest BCUT2D eigenvalue weighted by molar-refractivity contribution is 5.83. The minimum atomic E-state index is -0.955. The van der Waals surface area contributed by atoms with Gasteiger partial charge in [-0.15, -0.1) is 0 Å². The third kappa shape index (κ3) is 4.75. The first-order valence-corrected chi connectivity index (χ1v) is 6.37. The van der Waals surface area contributed by atoms with Crippen LogP contribution in [0.4, 0.5) is 0 Å². The topological polar surface area (TPSA) is 57.6 Å². The van der Waals surface area contributed by atoms with Gasteiger partial charge >= 0.3 is 5.97 Å². The molecule has 4 nitrogen and oxygen atoms in total. The van der Waals surface area contributed by atoms with E-state index in [1.165, 1.54) is 4.90 Å². The maximum Gasteiger partial charge on any atom is 0.323 e. The average molecular weight is 243 g/mol. The van der Waals surface area contributed by atoms with E-state index in [1.807, 2.05) is 20.8 Å². The number of carbonyl (C=O) groups is 2. The molecule has 0 saturated heterocycles. The molecule has 1 unspecified atom stereocenters. The molecule has 1 amide bonds. The van der Waals surface area contributed by atoms with Crippen LogP contribution >= 0.6 is 0 Å². The van der Waals surface area contributed by atoms with E-state index in [4.69, 9.17) is 5.11 Å². The molecule has 17 heavy (non-hydrogen) atoms. The molecule has 0 aromatic rings. The van der Waals surface area contributed by atoms with Gasteiger partial charge in [0.25, 0.3) is 0 Å². The first-order chi connectivity index (χ1) is 7.84. The maximum atomic E-state index is 12.2. The van der Waals surface area contributed by atoms with Gasteiger partial charge in [-0.05, 0) is 19.8 Å². The molecular weight excluding hydrogens is 218 g/mol. The molecule has 0 aromatic heterocycles. The zero-order valence-corrected chi connectivity index (χ0v) is 11.6. The molecule has 4 heteroatoms. The van der Waals surface area contributed by atoms with Crippen molar-refractivity contribution in [3.63, 3.8) is 0 Å². The van der Waals surface area contributed by atoms with Crippen LogP contribution in [0, 0.1) is 11.8 Å². The third-order valence-electron chi connectivity index (χ3n) is 3.36. The highest BCUT2D eigenvalue weighted by Gasteiger charge is 2.28. The molecule has 0 spiro atoms. The molecule has 0 rings (SSSR count). The van der Waals surface area contributed by atoms with Crippen molar-refractivity contribution in [1.82, 2.24) is 4.90 Å². The summed E-state index contributed by atoms with van der Waals surface area (Å²) in [7, 11) is 0. The SMILES string of the molecule is CCC(CC)C(C)C(=O)N(CC(=O)O)C(C)C. The van der Waals surface area contributed by atoms with Crippen molar-refractivity contribution in [2.45, 2.75) is 53.5 Å². The molecule has 0 aliphatic heterocycles. The fourth-order valence-corrected chi connectivity index (χ4v) is 2.12. The van der Waals surface area contributed by atoms with E-state index in [0.29, 0.717) is 5.92 Å². The Labute approximate surface area is 104 Å². The van der Waals surface area contributed by atoms with E-state index in [1.54, 1.807) is 0 Å². The maximum absolute atomic E-state index is 12.2. The van der Waals surface area contributed by atoms with Gasteiger partial charge in [0.05, 0.1) is 0 Å². The van der Waals surface area contributed by atoms with Crippen LogP contribution in [0.15, 0.2) is 0 Å². The van der Waals surface area contributed by atoms with Crippen LogP contribution < -0.4 is 0 Å². The lowest BCUT2D eigenvalue weighted by Gasteiger charge is -2.30. The molecule has 0 saturated carbocycles. The summed E-state index contributed by atoms with van der Waals surface area (Å²) < 4.78 is 0. The zero-order chi connectivity index (χ0) is 13.6. The van der Waals surface area contributed by atoms with E-state index in [9.17, 15) is 9.59 Å². The summed E-state index contributed by atoms with van der Waals surface area (Å²) in [4.78, 5) is 24.4. The number of hydrogen-bond acceptors (Lipinski definition) is 2. The fourth-order valence-electron chi connectivity index (χ4n) is 2.12. The van der Waals surface area contributed by atoms with Gasteiger partial charge in [0.15, 0.2) is 0 Å². The predicted molar refractivity (Wildman–Crippen MR) is 67.7 cm³/mol. The Balaban J connectivity index is 4.76. The minimum Gasteiger partial charge on any atom is -0.480 e. The highest BCUT2D eigenvalue weighted by Crippen LogP contribution is 2.22. The van der Waals surface area contributed by atoms with Crippen molar-refractivity contribution >= 4 is 11.9 Å². The van der Waals surface area contributed by atoms with Gasteiger partial charge in [-0.25, -0.2) is 0 Å². The lowest BCUT2D eigenvalue weighted by Crippen LogP contribution is -2.44. The second-order valence-electron chi connectivity index (χ2n) is 4.82. The second kappa shape index (κ2) is 7.30. The standard InChI is InChI=1S/C13H25NO3/c1-6-11(7-2)10(5)13(17)14(9(3)4)8-12(15)16/h9-11H,6-8H2,1-5H3,(H,15,16). The number of aliphatic carboxylic acids is 1. The van der Waals surface area contributed by atoms with Gasteiger partial charge in [-0.2, -0.15) is 0 Å². The molecule has 0 radical (unpaired) electrons. The van der Waals surface area contributed by atoms with Gasteiger partial charge in [0, 0.05) is 12.0 Å². The highest BCUT2D eigenvalue weighted by atomic mass is 16.4. The molecule has 0 aliphatic rings. The Hall–Kier alpha value is -1.06. The van der Waals surface area contributed by atoms with E-state index < -0.39 is 5.97 Å². The number of nitrogens with zero attached hydrogens (tertiary/aromatic N) is 1. The van der Waals surface area contributed by atoms with Crippen LogP contribution in [0.1, 0.15) is 47.5 Å². The zero-order valence-electron chi connectivity index (χ0n) is 11.6. The Morgan fingerprint density at radius 1 is 1.12 bits per heavy atom. The van der Waals surface area contributed by atoms with E-state index in [0.717, 1.165) is 12.8 Å². The van der Waals surface area contributed by atoms with Crippen LogP contribution in [-0.2, 0) is 9.59 Å². The molecule has 0 fully saturated rings. The normalized spacial score (nSPS) is 12.9. The molecule has 0 bridgehead atoms. The second-order valence-corrected chi connectivity index (χ2v) is 4.82. The van der Waals surface area contributed by atoms with Crippen LogP contribution in [-0.4, -0.2) is 34.5 Å². The molecule has 1 N–H and O–H groups in total. The molecule has 100 valence electrons. The summed E-state index contributed by atoms with van der Waals surface area (Å²) in [6.07, 6.45) is 1.89. The van der Waals surface area contributed by atoms with E-state index >= 15 is 0 Å². The molecule has 0 aliphatic carbocycles. The summed E-state index contributed by atoms with van der Waals surface area (Å²) >= 11 is 0. The number of carbonyl (C=O) groups excluding carboxylic acids is 1. The smallest absolute Gasteiger partial charge is 0.323 e. The number of carboxylic acids is 1. The summed E-state index contributed by atoms with van der Waals surface area (Å²) in [6, 6.07) is -0.0737. The lowest BCUT2D eigenvalue weighted by atomic mass is 9.88. The van der Waals surface area contributed by atoms with Crippen molar-refractivity contribution in [3.8, 4) is 0 Å². The van der Waals surface area contributed by atoms with Gasteiger partial charge in [0.2, 0.25) is 5.91 Å². The average Bonchev–Trinajstić information content (AvgIpc) is 2.25. The van der Waals surface area contributed by atoms with Crippen molar-refractivity contribution in [3.05, 3.63) is 0 Å². The van der Waals surface area contributed by atoms with Crippen LogP contribution in [0.2, 0.25) is 0 Å². The fraction of sp³-hybridized carbons (Fsp3) is 0.846. The summed E-state index contributed by atoms with van der Waals surface area (Å²) in [5.74, 6) is -0.774. The quantitative estimate of drug-likeness (QED) is 0.747. The summed E-state index contributed by atoms with van der Waals surface area (Å²) in [5, 5.41) is 8.82. The Bertz CT molecular complexity index is 259. The van der Waals surface area contributed by atoms with Crippen LogP contribution in [0.25, 0.3) is 0 Å². The molecule has 0 heterocycles. The van der Waals surface area contributed by atoms with Crippen LogP contribution in [0.5, 0.6) is 0 Å². The summed E-state index contributed by atoms with van der Waals surface area (Å²) in [5.41, 5.74) is 0.